The number of rotatable bonds is 4. The Labute approximate surface area is 110 Å². The van der Waals surface area contributed by atoms with Gasteiger partial charge in [-0.15, -0.1) is 0 Å². The van der Waals surface area contributed by atoms with Gasteiger partial charge in [0.25, 0.3) is 0 Å². The first-order valence-electron chi connectivity index (χ1n) is 5.39. The minimum absolute atomic E-state index is 0.191. The number of hydrogen-bond acceptors (Lipinski definition) is 7. The molecule has 0 saturated heterocycles. The summed E-state index contributed by atoms with van der Waals surface area (Å²) in [6.07, 6.45) is 4.53. The first kappa shape index (κ1) is 13.4. The molecule has 0 aliphatic heterocycles. The molecule has 0 radical (unpaired) electrons. The van der Waals surface area contributed by atoms with Crippen LogP contribution in [0.5, 0.6) is 0 Å². The third kappa shape index (κ3) is 3.48. The molecule has 2 rings (SSSR count). The van der Waals surface area contributed by atoms with Gasteiger partial charge in [0.15, 0.2) is 9.84 Å². The van der Waals surface area contributed by atoms with Crippen molar-refractivity contribution in [1.82, 2.24) is 19.7 Å². The van der Waals surface area contributed by atoms with Crippen LogP contribution in [0.15, 0.2) is 18.5 Å². The zero-order chi connectivity index (χ0) is 14.0. The summed E-state index contributed by atoms with van der Waals surface area (Å²) in [5.74, 6) is 5.63. The van der Waals surface area contributed by atoms with Crippen molar-refractivity contribution in [2.24, 2.45) is 12.9 Å². The SMILES string of the molecule is Cn1cc(-c2cc(NN)nc(CS(C)(=O)=O)n2)cn1. The summed E-state index contributed by atoms with van der Waals surface area (Å²) in [6.45, 7) is 0. The maximum atomic E-state index is 11.3. The van der Waals surface area contributed by atoms with Gasteiger partial charge >= 0.3 is 0 Å². The number of nitrogens with two attached hydrogens (primary N) is 1. The molecule has 3 N–H and O–H groups in total. The molecule has 0 unspecified atom stereocenters. The van der Waals surface area contributed by atoms with Gasteiger partial charge in [-0.1, -0.05) is 0 Å². The number of anilines is 1. The average molecular weight is 282 g/mol. The van der Waals surface area contributed by atoms with Crippen molar-refractivity contribution < 1.29 is 8.42 Å². The fourth-order valence-corrected chi connectivity index (χ4v) is 2.17. The van der Waals surface area contributed by atoms with Crippen LogP contribution in [0.25, 0.3) is 11.3 Å². The Kier molecular flexibility index (Phi) is 3.49. The molecular weight excluding hydrogens is 268 g/mol. The van der Waals surface area contributed by atoms with Crippen LogP contribution in [0.2, 0.25) is 0 Å². The highest BCUT2D eigenvalue weighted by Crippen LogP contribution is 2.19. The molecule has 0 aliphatic rings. The molecule has 2 heterocycles. The van der Waals surface area contributed by atoms with Gasteiger partial charge in [0.2, 0.25) is 0 Å². The van der Waals surface area contributed by atoms with Crippen LogP contribution >= 0.6 is 0 Å². The van der Waals surface area contributed by atoms with Crippen molar-refractivity contribution >= 4 is 15.7 Å². The van der Waals surface area contributed by atoms with E-state index in [0.29, 0.717) is 11.5 Å². The lowest BCUT2D eigenvalue weighted by Crippen LogP contribution is -2.12. The monoisotopic (exact) mass is 282 g/mol. The zero-order valence-electron chi connectivity index (χ0n) is 10.5. The molecular formula is C10H14N6O2S. The predicted molar refractivity (Wildman–Crippen MR) is 70.6 cm³/mol. The van der Waals surface area contributed by atoms with Gasteiger partial charge in [-0.25, -0.2) is 24.2 Å². The number of nitrogens with one attached hydrogen (secondary N) is 1. The Balaban J connectivity index is 2.47. The average Bonchev–Trinajstić information content (AvgIpc) is 2.73. The second kappa shape index (κ2) is 4.94. The Morgan fingerprint density at radius 2 is 2.16 bits per heavy atom. The number of aryl methyl sites for hydroxylation is 1. The van der Waals surface area contributed by atoms with Crippen molar-refractivity contribution in [1.29, 1.82) is 0 Å². The van der Waals surface area contributed by atoms with E-state index in [2.05, 4.69) is 20.5 Å². The molecule has 19 heavy (non-hydrogen) atoms. The molecule has 0 saturated carbocycles. The summed E-state index contributed by atoms with van der Waals surface area (Å²) in [5, 5.41) is 4.04. The largest absolute Gasteiger partial charge is 0.308 e. The lowest BCUT2D eigenvalue weighted by Gasteiger charge is -2.05. The molecule has 0 aliphatic carbocycles. The van der Waals surface area contributed by atoms with Gasteiger partial charge in [-0.3, -0.25) is 4.68 Å². The molecule has 2 aromatic heterocycles. The van der Waals surface area contributed by atoms with Gasteiger partial charge in [0, 0.05) is 31.1 Å². The van der Waals surface area contributed by atoms with E-state index in [-0.39, 0.29) is 11.6 Å². The topological polar surface area (TPSA) is 116 Å². The van der Waals surface area contributed by atoms with Crippen LogP contribution in [0.1, 0.15) is 5.82 Å². The molecule has 2 aromatic rings. The number of nitrogens with zero attached hydrogens (tertiary/aromatic N) is 4. The number of aromatic nitrogens is 4. The number of hydrogen-bond donors (Lipinski definition) is 2. The smallest absolute Gasteiger partial charge is 0.154 e. The van der Waals surface area contributed by atoms with Crippen LogP contribution in [0, 0.1) is 0 Å². The molecule has 102 valence electrons. The number of nitrogen functional groups attached to an aromatic ring is 1. The van der Waals surface area contributed by atoms with E-state index in [4.69, 9.17) is 5.84 Å². The van der Waals surface area contributed by atoms with Gasteiger partial charge in [-0.2, -0.15) is 5.10 Å². The third-order valence-corrected chi connectivity index (χ3v) is 3.09. The van der Waals surface area contributed by atoms with Gasteiger partial charge in [-0.05, 0) is 0 Å². The van der Waals surface area contributed by atoms with Crippen molar-refractivity contribution in [3.05, 3.63) is 24.3 Å². The van der Waals surface area contributed by atoms with E-state index in [1.165, 1.54) is 0 Å². The van der Waals surface area contributed by atoms with Crippen LogP contribution < -0.4 is 11.3 Å². The molecule has 0 amide bonds. The lowest BCUT2D eigenvalue weighted by atomic mass is 10.2. The van der Waals surface area contributed by atoms with E-state index in [1.54, 1.807) is 30.2 Å². The van der Waals surface area contributed by atoms with Gasteiger partial charge < -0.3 is 5.43 Å². The minimum Gasteiger partial charge on any atom is -0.308 e. The molecule has 0 spiro atoms. The Morgan fingerprint density at radius 1 is 1.42 bits per heavy atom. The molecule has 9 heteroatoms. The van der Waals surface area contributed by atoms with Crippen molar-refractivity contribution in [2.45, 2.75) is 5.75 Å². The van der Waals surface area contributed by atoms with Crippen LogP contribution in [0.4, 0.5) is 5.82 Å². The van der Waals surface area contributed by atoms with E-state index in [9.17, 15) is 8.42 Å². The predicted octanol–water partition coefficient (Wildman–Crippen LogP) is -0.293. The standard InChI is InChI=1S/C10H14N6O2S/c1-16-5-7(4-12-16)8-3-9(15-11)14-10(13-8)6-19(2,17)18/h3-5H,6,11H2,1-2H3,(H,13,14,15). The summed E-state index contributed by atoms with van der Waals surface area (Å²) in [5.41, 5.74) is 3.72. The fraction of sp³-hybridized carbons (Fsp3) is 0.300. The first-order valence-corrected chi connectivity index (χ1v) is 7.45. The molecule has 0 bridgehead atoms. The highest BCUT2D eigenvalue weighted by molar-refractivity contribution is 7.89. The van der Waals surface area contributed by atoms with Crippen LogP contribution in [-0.4, -0.2) is 34.4 Å². The minimum atomic E-state index is -3.21. The van der Waals surface area contributed by atoms with E-state index < -0.39 is 9.84 Å². The number of hydrazine groups is 1. The maximum absolute atomic E-state index is 11.3. The second-order valence-corrected chi connectivity index (χ2v) is 6.31. The summed E-state index contributed by atoms with van der Waals surface area (Å²) in [4.78, 5) is 8.23. The quantitative estimate of drug-likeness (QED) is 0.584. The summed E-state index contributed by atoms with van der Waals surface area (Å²) < 4.78 is 24.2. The van der Waals surface area contributed by atoms with Crippen LogP contribution in [-0.2, 0) is 22.6 Å². The highest BCUT2D eigenvalue weighted by Gasteiger charge is 2.12. The van der Waals surface area contributed by atoms with E-state index >= 15 is 0 Å². The Morgan fingerprint density at radius 3 is 2.68 bits per heavy atom. The van der Waals surface area contributed by atoms with Gasteiger partial charge in [0.1, 0.15) is 17.4 Å². The second-order valence-electron chi connectivity index (χ2n) is 4.17. The van der Waals surface area contributed by atoms with E-state index in [0.717, 1.165) is 11.8 Å². The first-order chi connectivity index (χ1) is 8.87. The number of sulfone groups is 1. The maximum Gasteiger partial charge on any atom is 0.154 e. The van der Waals surface area contributed by atoms with E-state index in [1.807, 2.05) is 0 Å². The highest BCUT2D eigenvalue weighted by atomic mass is 32.2. The Hall–Kier alpha value is -2.00. The Bertz CT molecular complexity index is 694. The molecule has 0 aromatic carbocycles. The lowest BCUT2D eigenvalue weighted by molar-refractivity contribution is 0.599. The zero-order valence-corrected chi connectivity index (χ0v) is 11.3. The van der Waals surface area contributed by atoms with Crippen molar-refractivity contribution in [3.8, 4) is 11.3 Å². The van der Waals surface area contributed by atoms with Gasteiger partial charge in [0.05, 0.1) is 11.9 Å². The normalized spacial score (nSPS) is 11.5. The third-order valence-electron chi connectivity index (χ3n) is 2.31. The molecule has 0 fully saturated rings. The van der Waals surface area contributed by atoms with Crippen molar-refractivity contribution in [2.75, 3.05) is 11.7 Å². The summed E-state index contributed by atoms with van der Waals surface area (Å²) >= 11 is 0. The van der Waals surface area contributed by atoms with Crippen LogP contribution in [0.3, 0.4) is 0 Å². The summed E-state index contributed by atoms with van der Waals surface area (Å²) in [7, 11) is -1.43. The molecule has 8 nitrogen and oxygen atoms in total. The summed E-state index contributed by atoms with van der Waals surface area (Å²) in [6, 6.07) is 1.63. The fourth-order valence-electron chi connectivity index (χ4n) is 1.57. The molecule has 0 atom stereocenters. The van der Waals surface area contributed by atoms with Crippen molar-refractivity contribution in [3.63, 3.8) is 0 Å².